The highest BCUT2D eigenvalue weighted by atomic mass is 16.2. The lowest BCUT2D eigenvalue weighted by atomic mass is 9.90. The number of hydrogen-bond donors (Lipinski definition) is 1. The van der Waals surface area contributed by atoms with Gasteiger partial charge in [0.15, 0.2) is 0 Å². The zero-order valence-corrected chi connectivity index (χ0v) is 15.7. The van der Waals surface area contributed by atoms with E-state index in [1.807, 2.05) is 61.2 Å². The summed E-state index contributed by atoms with van der Waals surface area (Å²) in [6.07, 6.45) is 1.13. The van der Waals surface area contributed by atoms with Gasteiger partial charge in [-0.2, -0.15) is 0 Å². The molecule has 26 heavy (non-hydrogen) atoms. The maximum absolute atomic E-state index is 12.7. The molecule has 0 aromatic heterocycles. The smallest absolute Gasteiger partial charge is 0.222 e. The van der Waals surface area contributed by atoms with Gasteiger partial charge in [-0.3, -0.25) is 9.59 Å². The van der Waals surface area contributed by atoms with Crippen molar-refractivity contribution in [2.45, 2.75) is 45.7 Å². The van der Waals surface area contributed by atoms with Crippen LogP contribution in [0.3, 0.4) is 0 Å². The molecule has 2 aromatic rings. The Bertz CT molecular complexity index is 798. The lowest BCUT2D eigenvalue weighted by Gasteiger charge is -2.36. The quantitative estimate of drug-likeness (QED) is 0.914. The van der Waals surface area contributed by atoms with Crippen molar-refractivity contribution in [3.63, 3.8) is 0 Å². The molecule has 3 rings (SSSR count). The summed E-state index contributed by atoms with van der Waals surface area (Å²) in [6, 6.07) is 16.0. The minimum absolute atomic E-state index is 0.0175. The molecule has 0 radical (unpaired) electrons. The van der Waals surface area contributed by atoms with Crippen molar-refractivity contribution in [1.82, 2.24) is 10.2 Å². The third-order valence-corrected chi connectivity index (χ3v) is 5.15. The number of nitrogens with one attached hydrogen (secondary N) is 1. The summed E-state index contributed by atoms with van der Waals surface area (Å²) in [7, 11) is 0. The van der Waals surface area contributed by atoms with Gasteiger partial charge in [-0.15, -0.1) is 0 Å². The van der Waals surface area contributed by atoms with Crippen LogP contribution in [0.4, 0.5) is 0 Å². The Morgan fingerprint density at radius 1 is 1.15 bits per heavy atom. The summed E-state index contributed by atoms with van der Waals surface area (Å²) in [4.78, 5) is 26.6. The molecule has 0 saturated heterocycles. The van der Waals surface area contributed by atoms with E-state index in [0.29, 0.717) is 6.54 Å². The predicted molar refractivity (Wildman–Crippen MR) is 103 cm³/mol. The normalized spacial score (nSPS) is 17.3. The highest BCUT2D eigenvalue weighted by Crippen LogP contribution is 2.32. The van der Waals surface area contributed by atoms with Crippen LogP contribution in [-0.2, 0) is 16.0 Å². The number of fused-ring (bicyclic) bond motifs is 1. The second kappa shape index (κ2) is 7.73. The second-order valence-electron chi connectivity index (χ2n) is 7.08. The van der Waals surface area contributed by atoms with Gasteiger partial charge in [0.05, 0.1) is 18.5 Å². The average molecular weight is 350 g/mol. The van der Waals surface area contributed by atoms with Gasteiger partial charge in [0, 0.05) is 13.5 Å². The molecule has 0 bridgehead atoms. The van der Waals surface area contributed by atoms with Gasteiger partial charge < -0.3 is 10.2 Å². The topological polar surface area (TPSA) is 49.4 Å². The van der Waals surface area contributed by atoms with E-state index in [9.17, 15) is 9.59 Å². The average Bonchev–Trinajstić information content (AvgIpc) is 2.62. The molecule has 0 aliphatic carbocycles. The number of nitrogens with zero attached hydrogens (tertiary/aromatic N) is 1. The molecule has 2 unspecified atom stereocenters. The molecule has 1 aliphatic rings. The summed E-state index contributed by atoms with van der Waals surface area (Å²) in [5.41, 5.74) is 4.60. The second-order valence-corrected chi connectivity index (χ2v) is 7.08. The first-order chi connectivity index (χ1) is 12.5. The van der Waals surface area contributed by atoms with Crippen LogP contribution in [0.5, 0.6) is 0 Å². The van der Waals surface area contributed by atoms with Crippen molar-refractivity contribution in [2.24, 2.45) is 0 Å². The van der Waals surface area contributed by atoms with Crippen molar-refractivity contribution in [1.29, 1.82) is 0 Å². The minimum Gasteiger partial charge on any atom is -0.350 e. The molecule has 0 fully saturated rings. The Balaban J connectivity index is 1.74. The third kappa shape index (κ3) is 3.96. The number of benzene rings is 2. The largest absolute Gasteiger partial charge is 0.350 e. The lowest BCUT2D eigenvalue weighted by molar-refractivity contribution is -0.133. The molecule has 0 saturated carbocycles. The number of carbonyl (C=O) groups excluding carboxylic acids is 2. The fourth-order valence-corrected chi connectivity index (χ4v) is 3.66. The molecule has 2 amide bonds. The van der Waals surface area contributed by atoms with Gasteiger partial charge in [-0.1, -0.05) is 54.1 Å². The summed E-state index contributed by atoms with van der Waals surface area (Å²) in [5, 5.41) is 3.08. The van der Waals surface area contributed by atoms with Gasteiger partial charge in [0.2, 0.25) is 11.8 Å². The number of rotatable bonds is 4. The van der Waals surface area contributed by atoms with Crippen molar-refractivity contribution in [2.75, 3.05) is 6.54 Å². The summed E-state index contributed by atoms with van der Waals surface area (Å²) in [5.74, 6) is -0.0186. The first-order valence-corrected chi connectivity index (χ1v) is 9.16. The highest BCUT2D eigenvalue weighted by molar-refractivity contribution is 5.80. The van der Waals surface area contributed by atoms with Gasteiger partial charge in [-0.25, -0.2) is 0 Å². The molecule has 2 aromatic carbocycles. The van der Waals surface area contributed by atoms with Crippen LogP contribution in [0, 0.1) is 6.92 Å². The van der Waals surface area contributed by atoms with Gasteiger partial charge in [-0.05, 0) is 37.0 Å². The number of aryl methyl sites for hydroxylation is 1. The fraction of sp³-hybridized carbons (Fsp3) is 0.364. The first-order valence-electron chi connectivity index (χ1n) is 9.16. The Morgan fingerprint density at radius 3 is 2.54 bits per heavy atom. The summed E-state index contributed by atoms with van der Waals surface area (Å²) in [6.45, 7) is 6.27. The molecule has 1 N–H and O–H groups in total. The first kappa shape index (κ1) is 18.2. The zero-order valence-electron chi connectivity index (χ0n) is 15.7. The zero-order chi connectivity index (χ0) is 18.7. The van der Waals surface area contributed by atoms with Crippen LogP contribution in [0.25, 0.3) is 0 Å². The fourth-order valence-electron chi connectivity index (χ4n) is 3.66. The number of carbonyl (C=O) groups is 2. The minimum atomic E-state index is -0.192. The van der Waals surface area contributed by atoms with E-state index in [-0.39, 0.29) is 30.3 Å². The maximum atomic E-state index is 12.7. The van der Waals surface area contributed by atoms with Gasteiger partial charge in [0.1, 0.15) is 0 Å². The van der Waals surface area contributed by atoms with E-state index in [2.05, 4.69) is 11.4 Å². The Hall–Kier alpha value is -2.62. The predicted octanol–water partition coefficient (Wildman–Crippen LogP) is 3.71. The van der Waals surface area contributed by atoms with Crippen LogP contribution >= 0.6 is 0 Å². The molecular formula is C22H26N2O2. The third-order valence-electron chi connectivity index (χ3n) is 5.15. The SMILES string of the molecule is CC(=O)N1CCc2ccccc2C1CC(=O)NC(C)c1ccc(C)cc1. The van der Waals surface area contributed by atoms with E-state index in [4.69, 9.17) is 0 Å². The monoisotopic (exact) mass is 350 g/mol. The summed E-state index contributed by atoms with van der Waals surface area (Å²) >= 11 is 0. The molecule has 4 heteroatoms. The van der Waals surface area contributed by atoms with Crippen molar-refractivity contribution >= 4 is 11.8 Å². The van der Waals surface area contributed by atoms with E-state index in [0.717, 1.165) is 17.5 Å². The van der Waals surface area contributed by atoms with Crippen molar-refractivity contribution in [3.05, 3.63) is 70.8 Å². The van der Waals surface area contributed by atoms with Crippen molar-refractivity contribution in [3.8, 4) is 0 Å². The highest BCUT2D eigenvalue weighted by Gasteiger charge is 2.30. The standard InChI is InChI=1S/C22H26N2O2/c1-15-8-10-18(11-9-15)16(2)23-22(26)14-21-20-7-5-4-6-19(20)12-13-24(21)17(3)25/h4-11,16,21H,12-14H2,1-3H3,(H,23,26). The lowest BCUT2D eigenvalue weighted by Crippen LogP contribution is -2.41. The molecule has 136 valence electrons. The van der Waals surface area contributed by atoms with Gasteiger partial charge >= 0.3 is 0 Å². The number of amides is 2. The molecule has 1 aliphatic heterocycles. The van der Waals surface area contributed by atoms with E-state index < -0.39 is 0 Å². The molecule has 2 atom stereocenters. The number of hydrogen-bond acceptors (Lipinski definition) is 2. The molecule has 0 spiro atoms. The summed E-state index contributed by atoms with van der Waals surface area (Å²) < 4.78 is 0. The van der Waals surface area contributed by atoms with Crippen LogP contribution in [0.1, 0.15) is 54.6 Å². The molecule has 4 nitrogen and oxygen atoms in total. The van der Waals surface area contributed by atoms with Crippen LogP contribution in [-0.4, -0.2) is 23.3 Å². The molecular weight excluding hydrogens is 324 g/mol. The van der Waals surface area contributed by atoms with Crippen LogP contribution < -0.4 is 5.32 Å². The Kier molecular flexibility index (Phi) is 5.40. The molecule has 1 heterocycles. The van der Waals surface area contributed by atoms with E-state index in [1.54, 1.807) is 6.92 Å². The van der Waals surface area contributed by atoms with Gasteiger partial charge in [0.25, 0.3) is 0 Å². The van der Waals surface area contributed by atoms with E-state index in [1.165, 1.54) is 11.1 Å². The van der Waals surface area contributed by atoms with Crippen LogP contribution in [0.2, 0.25) is 0 Å². The van der Waals surface area contributed by atoms with Crippen LogP contribution in [0.15, 0.2) is 48.5 Å². The Labute approximate surface area is 155 Å². The Morgan fingerprint density at radius 2 is 1.85 bits per heavy atom. The maximum Gasteiger partial charge on any atom is 0.222 e. The van der Waals surface area contributed by atoms with Crippen molar-refractivity contribution < 1.29 is 9.59 Å². The van der Waals surface area contributed by atoms with E-state index >= 15 is 0 Å².